The second-order valence-corrected chi connectivity index (χ2v) is 6.71. The van der Waals surface area contributed by atoms with Crippen molar-refractivity contribution < 1.29 is 9.53 Å². The number of amides is 1. The van der Waals surface area contributed by atoms with Gasteiger partial charge in [0.2, 0.25) is 5.91 Å². The van der Waals surface area contributed by atoms with Crippen LogP contribution in [0.5, 0.6) is 5.75 Å². The number of thioether (sulfide) groups is 1. The molecule has 0 saturated carbocycles. The third-order valence-corrected chi connectivity index (χ3v) is 5.08. The summed E-state index contributed by atoms with van der Waals surface area (Å²) in [5.74, 6) is 1.39. The number of likely N-dealkylation sites (tertiary alicyclic amines) is 1. The molecule has 0 radical (unpaired) electrons. The molecule has 1 aliphatic rings. The summed E-state index contributed by atoms with van der Waals surface area (Å²) in [4.78, 5) is 14.4. The molecule has 1 fully saturated rings. The van der Waals surface area contributed by atoms with Gasteiger partial charge in [0, 0.05) is 18.8 Å². The fourth-order valence-corrected chi connectivity index (χ4v) is 3.61. The van der Waals surface area contributed by atoms with E-state index in [0.717, 1.165) is 42.5 Å². The van der Waals surface area contributed by atoms with E-state index in [1.807, 2.05) is 33.7 Å². The quantitative estimate of drug-likeness (QED) is 0.779. The van der Waals surface area contributed by atoms with Gasteiger partial charge in [0.25, 0.3) is 0 Å². The Hall–Kier alpha value is -2.02. The Bertz CT molecular complexity index is 663. The molecule has 1 aliphatic heterocycles. The number of ether oxygens (including phenoxy) is 1. The van der Waals surface area contributed by atoms with Crippen LogP contribution in [0, 0.1) is 0 Å². The molecule has 6 nitrogen and oxygen atoms in total. The van der Waals surface area contributed by atoms with Gasteiger partial charge in [-0.05, 0) is 37.1 Å². The van der Waals surface area contributed by atoms with Crippen molar-refractivity contribution in [3.63, 3.8) is 0 Å². The van der Waals surface area contributed by atoms with Crippen molar-refractivity contribution in [1.29, 1.82) is 0 Å². The highest BCUT2D eigenvalue weighted by Gasteiger charge is 2.17. The Balaban J connectivity index is 1.63. The summed E-state index contributed by atoms with van der Waals surface area (Å²) >= 11 is 1.43. The van der Waals surface area contributed by atoms with E-state index in [2.05, 4.69) is 10.2 Å². The molecule has 2 heterocycles. The van der Waals surface area contributed by atoms with Gasteiger partial charge < -0.3 is 9.64 Å². The van der Waals surface area contributed by atoms with Crippen LogP contribution in [0.15, 0.2) is 35.7 Å². The first-order valence-electron chi connectivity index (χ1n) is 8.23. The van der Waals surface area contributed by atoms with Gasteiger partial charge in [-0.25, -0.2) is 0 Å². The van der Waals surface area contributed by atoms with Gasteiger partial charge in [-0.15, -0.1) is 10.2 Å². The molecule has 1 amide bonds. The maximum Gasteiger partial charge on any atom is 0.233 e. The SMILES string of the molecule is COc1ccc(-n2cnnc2SCC(=O)N2CCCCCC2)cc1. The molecule has 0 atom stereocenters. The van der Waals surface area contributed by atoms with E-state index in [-0.39, 0.29) is 5.91 Å². The van der Waals surface area contributed by atoms with E-state index < -0.39 is 0 Å². The largest absolute Gasteiger partial charge is 0.497 e. The lowest BCUT2D eigenvalue weighted by atomic mass is 10.2. The summed E-state index contributed by atoms with van der Waals surface area (Å²) in [7, 11) is 1.64. The Kier molecular flexibility index (Phi) is 5.74. The van der Waals surface area contributed by atoms with Crippen molar-refractivity contribution in [1.82, 2.24) is 19.7 Å². The average Bonchev–Trinajstić information content (AvgIpc) is 2.92. The molecule has 0 bridgehead atoms. The highest BCUT2D eigenvalue weighted by molar-refractivity contribution is 7.99. The number of rotatable bonds is 5. The van der Waals surface area contributed by atoms with Crippen LogP contribution >= 0.6 is 11.8 Å². The normalized spacial score (nSPS) is 15.1. The molecular formula is C17H22N4O2S. The fourth-order valence-electron chi connectivity index (χ4n) is 2.78. The highest BCUT2D eigenvalue weighted by Crippen LogP contribution is 2.22. The van der Waals surface area contributed by atoms with Gasteiger partial charge in [-0.3, -0.25) is 9.36 Å². The predicted molar refractivity (Wildman–Crippen MR) is 93.7 cm³/mol. The monoisotopic (exact) mass is 346 g/mol. The zero-order valence-electron chi connectivity index (χ0n) is 13.9. The molecule has 2 aromatic rings. The summed E-state index contributed by atoms with van der Waals surface area (Å²) in [5.41, 5.74) is 0.950. The van der Waals surface area contributed by atoms with Crippen LogP contribution in [-0.4, -0.2) is 51.5 Å². The number of hydrogen-bond donors (Lipinski definition) is 0. The number of benzene rings is 1. The third-order valence-electron chi connectivity index (χ3n) is 4.15. The Morgan fingerprint density at radius 2 is 1.88 bits per heavy atom. The third kappa shape index (κ3) is 4.08. The van der Waals surface area contributed by atoms with Crippen LogP contribution in [0.1, 0.15) is 25.7 Å². The summed E-state index contributed by atoms with van der Waals surface area (Å²) < 4.78 is 7.07. The summed E-state index contributed by atoms with van der Waals surface area (Å²) in [6.45, 7) is 1.76. The zero-order valence-corrected chi connectivity index (χ0v) is 14.7. The standard InChI is InChI=1S/C17H22N4O2S/c1-23-15-8-6-14(7-9-15)21-13-18-19-17(21)24-12-16(22)20-10-4-2-3-5-11-20/h6-9,13H,2-5,10-12H2,1H3. The fraction of sp³-hybridized carbons (Fsp3) is 0.471. The Labute approximate surface area is 146 Å². The van der Waals surface area contributed by atoms with Gasteiger partial charge in [0.05, 0.1) is 12.9 Å². The van der Waals surface area contributed by atoms with Crippen molar-refractivity contribution in [2.75, 3.05) is 26.0 Å². The topological polar surface area (TPSA) is 60.2 Å². The molecule has 24 heavy (non-hydrogen) atoms. The minimum atomic E-state index is 0.186. The molecule has 0 N–H and O–H groups in total. The van der Waals surface area contributed by atoms with Crippen LogP contribution in [0.4, 0.5) is 0 Å². The van der Waals surface area contributed by atoms with Crippen molar-refractivity contribution in [3.8, 4) is 11.4 Å². The lowest BCUT2D eigenvalue weighted by molar-refractivity contribution is -0.128. The minimum Gasteiger partial charge on any atom is -0.497 e. The van der Waals surface area contributed by atoms with Crippen LogP contribution in [0.3, 0.4) is 0 Å². The first-order valence-corrected chi connectivity index (χ1v) is 9.21. The average molecular weight is 346 g/mol. The summed E-state index contributed by atoms with van der Waals surface area (Å²) in [6, 6.07) is 7.68. The lowest BCUT2D eigenvalue weighted by Crippen LogP contribution is -2.33. The summed E-state index contributed by atoms with van der Waals surface area (Å²) in [6.07, 6.45) is 6.34. The molecule has 7 heteroatoms. The summed E-state index contributed by atoms with van der Waals surface area (Å²) in [5, 5.41) is 8.85. The molecule has 0 unspecified atom stereocenters. The van der Waals surface area contributed by atoms with Gasteiger partial charge in [-0.1, -0.05) is 24.6 Å². The molecule has 3 rings (SSSR count). The van der Waals surface area contributed by atoms with E-state index in [1.165, 1.54) is 24.6 Å². The van der Waals surface area contributed by atoms with Gasteiger partial charge >= 0.3 is 0 Å². The first-order chi connectivity index (χ1) is 11.8. The first kappa shape index (κ1) is 16.8. The van der Waals surface area contributed by atoms with E-state index >= 15 is 0 Å². The Morgan fingerprint density at radius 3 is 2.54 bits per heavy atom. The predicted octanol–water partition coefficient (Wildman–Crippen LogP) is 2.77. The maximum absolute atomic E-state index is 12.4. The molecule has 0 spiro atoms. The van der Waals surface area contributed by atoms with Crippen molar-refractivity contribution in [2.45, 2.75) is 30.8 Å². The van der Waals surface area contributed by atoms with E-state index in [0.29, 0.717) is 5.75 Å². The maximum atomic E-state index is 12.4. The molecule has 1 aromatic carbocycles. The molecule has 1 aromatic heterocycles. The zero-order chi connectivity index (χ0) is 16.8. The van der Waals surface area contributed by atoms with E-state index in [1.54, 1.807) is 13.4 Å². The molecule has 1 saturated heterocycles. The number of aromatic nitrogens is 3. The number of hydrogen-bond acceptors (Lipinski definition) is 5. The minimum absolute atomic E-state index is 0.186. The van der Waals surface area contributed by atoms with Gasteiger partial charge in [0.1, 0.15) is 12.1 Å². The van der Waals surface area contributed by atoms with Crippen molar-refractivity contribution >= 4 is 17.7 Å². The second-order valence-electron chi connectivity index (χ2n) is 5.77. The van der Waals surface area contributed by atoms with Crippen molar-refractivity contribution in [3.05, 3.63) is 30.6 Å². The lowest BCUT2D eigenvalue weighted by Gasteiger charge is -2.19. The second kappa shape index (κ2) is 8.19. The Morgan fingerprint density at radius 1 is 1.17 bits per heavy atom. The van der Waals surface area contributed by atoms with Crippen LogP contribution < -0.4 is 4.74 Å². The van der Waals surface area contributed by atoms with Gasteiger partial charge in [0.15, 0.2) is 5.16 Å². The van der Waals surface area contributed by atoms with E-state index in [4.69, 9.17) is 4.74 Å². The van der Waals surface area contributed by atoms with Crippen LogP contribution in [0.2, 0.25) is 0 Å². The van der Waals surface area contributed by atoms with Crippen LogP contribution in [0.25, 0.3) is 5.69 Å². The number of nitrogens with zero attached hydrogens (tertiary/aromatic N) is 4. The number of methoxy groups -OCH3 is 1. The smallest absolute Gasteiger partial charge is 0.233 e. The van der Waals surface area contributed by atoms with Crippen molar-refractivity contribution in [2.24, 2.45) is 0 Å². The highest BCUT2D eigenvalue weighted by atomic mass is 32.2. The van der Waals surface area contributed by atoms with E-state index in [9.17, 15) is 4.79 Å². The molecule has 128 valence electrons. The number of carbonyl (C=O) groups excluding carboxylic acids is 1. The number of carbonyl (C=O) groups is 1. The molecule has 0 aliphatic carbocycles. The van der Waals surface area contributed by atoms with Crippen LogP contribution in [-0.2, 0) is 4.79 Å². The van der Waals surface area contributed by atoms with Gasteiger partial charge in [-0.2, -0.15) is 0 Å². The molecular weight excluding hydrogens is 324 g/mol.